The van der Waals surface area contributed by atoms with Gasteiger partial charge in [0, 0.05) is 54.3 Å². The molecule has 10 nitrogen and oxygen atoms in total. The molecule has 1 aromatic carbocycles. The summed E-state index contributed by atoms with van der Waals surface area (Å²) in [7, 11) is 0. The largest absolute Gasteiger partial charge is 0.327 e. The van der Waals surface area contributed by atoms with E-state index in [9.17, 15) is 23.6 Å². The van der Waals surface area contributed by atoms with Crippen LogP contribution in [0.5, 0.6) is 0 Å². The number of allylic oxidation sites excluding steroid dienone is 2. The van der Waals surface area contributed by atoms with Gasteiger partial charge in [-0.15, -0.1) is 13.2 Å². The van der Waals surface area contributed by atoms with Crippen LogP contribution in [0.3, 0.4) is 0 Å². The number of pyridine rings is 1. The number of aromatic nitrogens is 5. The van der Waals surface area contributed by atoms with E-state index in [-0.39, 0.29) is 63.9 Å². The molecule has 52 heavy (non-hydrogen) atoms. The number of likely N-dealkylation sites (tertiary alicyclic amines) is 1. The van der Waals surface area contributed by atoms with Crippen LogP contribution in [0.4, 0.5) is 4.39 Å². The normalized spacial score (nSPS) is 19.7. The third kappa shape index (κ3) is 7.44. The average molecular weight is 770 g/mol. The van der Waals surface area contributed by atoms with Gasteiger partial charge in [-0.1, -0.05) is 19.1 Å². The molecule has 4 atom stereocenters. The highest BCUT2D eigenvalue weighted by molar-refractivity contribution is 9.10. The van der Waals surface area contributed by atoms with Gasteiger partial charge in [0.2, 0.25) is 5.91 Å². The zero-order chi connectivity index (χ0) is 37.3. The number of hydrogen-bond acceptors (Lipinski definition) is 8. The lowest BCUT2D eigenvalue weighted by molar-refractivity contribution is -0.139. The number of rotatable bonds is 16. The topological polar surface area (TPSA) is 128 Å². The number of amides is 1. The van der Waals surface area contributed by atoms with Crippen molar-refractivity contribution in [1.29, 1.82) is 0 Å². The Kier molecular flexibility index (Phi) is 10.8. The van der Waals surface area contributed by atoms with Crippen molar-refractivity contribution in [3.8, 4) is 11.1 Å². The Labute approximate surface area is 310 Å². The molecule has 0 bridgehead atoms. The fraction of sp³-hybridized carbons (Fsp3) is 0.400. The number of hydrogen-bond donors (Lipinski definition) is 0. The van der Waals surface area contributed by atoms with E-state index in [0.29, 0.717) is 54.5 Å². The molecule has 2 fully saturated rings. The second-order valence-electron chi connectivity index (χ2n) is 14.2. The molecule has 1 aliphatic heterocycles. The van der Waals surface area contributed by atoms with Crippen molar-refractivity contribution in [1.82, 2.24) is 29.6 Å². The van der Waals surface area contributed by atoms with E-state index >= 15 is 0 Å². The lowest BCUT2D eigenvalue weighted by Gasteiger charge is -2.27. The highest BCUT2D eigenvalue weighted by Gasteiger charge is 2.66. The van der Waals surface area contributed by atoms with Gasteiger partial charge >= 0.3 is 0 Å². The Bertz CT molecular complexity index is 2100. The molecule has 0 spiro atoms. The third-order valence-electron chi connectivity index (χ3n) is 10.5. The average Bonchev–Trinajstić information content (AvgIpc) is 3.52. The summed E-state index contributed by atoms with van der Waals surface area (Å²) in [5.74, 6) is -0.590. The number of ketones is 3. The summed E-state index contributed by atoms with van der Waals surface area (Å²) < 4.78 is 15.5. The van der Waals surface area contributed by atoms with Gasteiger partial charge in [0.25, 0.3) is 0 Å². The fourth-order valence-corrected chi connectivity index (χ4v) is 7.99. The minimum Gasteiger partial charge on any atom is -0.327 e. The molecule has 0 N–H and O–H groups in total. The summed E-state index contributed by atoms with van der Waals surface area (Å²) in [5.41, 5.74) is 3.31. The van der Waals surface area contributed by atoms with Crippen molar-refractivity contribution in [3.05, 3.63) is 95.2 Å². The zero-order valence-electron chi connectivity index (χ0n) is 29.7. The number of nitrogens with zero attached hydrogens (tertiary/aromatic N) is 6. The van der Waals surface area contributed by atoms with Gasteiger partial charge < -0.3 is 4.90 Å². The first-order chi connectivity index (χ1) is 24.8. The molecule has 3 aromatic heterocycles. The molecule has 1 amide bonds. The summed E-state index contributed by atoms with van der Waals surface area (Å²) >= 11 is 3.10. The Hall–Kier alpha value is -4.71. The van der Waals surface area contributed by atoms with Crippen molar-refractivity contribution in [3.63, 3.8) is 0 Å². The minimum atomic E-state index is -0.750. The van der Waals surface area contributed by atoms with Gasteiger partial charge in [-0.25, -0.2) is 19.3 Å². The van der Waals surface area contributed by atoms with Crippen LogP contribution in [0.2, 0.25) is 0 Å². The Morgan fingerprint density at radius 1 is 1.10 bits per heavy atom. The van der Waals surface area contributed by atoms with Gasteiger partial charge in [0.15, 0.2) is 17.4 Å². The third-order valence-corrected chi connectivity index (χ3v) is 11.1. The number of piperidine rings is 1. The second-order valence-corrected chi connectivity index (χ2v) is 14.9. The number of carbonyl (C=O) groups is 4. The predicted molar refractivity (Wildman–Crippen MR) is 199 cm³/mol. The Morgan fingerprint density at radius 2 is 1.85 bits per heavy atom. The van der Waals surface area contributed by atoms with Crippen molar-refractivity contribution in [2.45, 2.75) is 90.8 Å². The Balaban J connectivity index is 1.33. The SMILES string of the molecule is C=CCC[C@@H](C)C(=O)CC[C@@]12C[C@@H](C(=O)Cc3ccc(F)c(Br)n3)N(C(=O)Cn3nc(C(C)=O)c4cc(-c5cnc(C)nc5)cc(CC=C)c43)[C@@H]1C2. The Morgan fingerprint density at radius 3 is 2.52 bits per heavy atom. The zero-order valence-corrected chi connectivity index (χ0v) is 31.3. The van der Waals surface area contributed by atoms with Crippen LogP contribution in [-0.2, 0) is 33.8 Å². The number of halogens is 2. The fourth-order valence-electron chi connectivity index (χ4n) is 7.63. The summed E-state index contributed by atoms with van der Waals surface area (Å²) in [6, 6.07) is 5.60. The molecule has 4 heterocycles. The lowest BCUT2D eigenvalue weighted by Crippen LogP contribution is -2.45. The first-order valence-corrected chi connectivity index (χ1v) is 18.4. The molecule has 1 aliphatic carbocycles. The van der Waals surface area contributed by atoms with Crippen molar-refractivity contribution in [2.75, 3.05) is 0 Å². The molecule has 6 rings (SSSR count). The molecular formula is C40H42BrFN6O4. The minimum absolute atomic E-state index is 0.0146. The van der Waals surface area contributed by atoms with Gasteiger partial charge in [-0.05, 0) is 102 Å². The lowest BCUT2D eigenvalue weighted by atomic mass is 9.88. The molecule has 12 heteroatoms. The van der Waals surface area contributed by atoms with Crippen LogP contribution in [0.15, 0.2) is 66.6 Å². The molecule has 1 saturated heterocycles. The highest BCUT2D eigenvalue weighted by Crippen LogP contribution is 2.62. The van der Waals surface area contributed by atoms with E-state index < -0.39 is 11.9 Å². The van der Waals surface area contributed by atoms with Crippen molar-refractivity contribution < 1.29 is 23.6 Å². The monoisotopic (exact) mass is 768 g/mol. The first kappa shape index (κ1) is 37.1. The summed E-state index contributed by atoms with van der Waals surface area (Å²) in [6.45, 7) is 12.7. The standard InChI is InChI=1S/C40H42BrFN6O4/c1-6-8-10-23(3)33(50)13-14-40-18-32(34(51)17-29-11-12-31(42)39(41)45-29)48(35(40)19-40)36(52)22-47-38-26(9-7-2)15-27(28-20-43-25(5)44-21-28)16-30(38)37(46-47)24(4)49/h6-7,11-12,15-16,20-21,23,32,35H,1-2,8-10,13-14,17-19,22H2,3-5H3/t23-,32+,35-,40+/m1/s1. The number of benzene rings is 1. The quantitative estimate of drug-likeness (QED) is 0.0668. The predicted octanol–water partition coefficient (Wildman–Crippen LogP) is 7.15. The van der Waals surface area contributed by atoms with Gasteiger partial charge in [0.05, 0.1) is 18.0 Å². The highest BCUT2D eigenvalue weighted by atomic mass is 79.9. The maximum absolute atomic E-state index is 14.5. The van der Waals surface area contributed by atoms with E-state index in [2.05, 4.69) is 49.1 Å². The van der Waals surface area contributed by atoms with E-state index in [1.807, 2.05) is 25.1 Å². The molecule has 0 unspecified atom stereocenters. The van der Waals surface area contributed by atoms with E-state index in [1.54, 1.807) is 35.0 Å². The van der Waals surface area contributed by atoms with Gasteiger partial charge in [-0.2, -0.15) is 5.10 Å². The van der Waals surface area contributed by atoms with Crippen LogP contribution in [0.25, 0.3) is 22.0 Å². The molecular weight excluding hydrogens is 727 g/mol. The molecule has 2 aliphatic rings. The molecule has 1 saturated carbocycles. The van der Waals surface area contributed by atoms with Crippen LogP contribution in [0.1, 0.15) is 79.9 Å². The van der Waals surface area contributed by atoms with Gasteiger partial charge in [-0.3, -0.25) is 23.9 Å². The molecule has 0 radical (unpaired) electrons. The number of carbonyl (C=O) groups excluding carboxylic acids is 4. The maximum Gasteiger partial charge on any atom is 0.245 e. The smallest absolute Gasteiger partial charge is 0.245 e. The van der Waals surface area contributed by atoms with E-state index in [1.165, 1.54) is 19.1 Å². The van der Waals surface area contributed by atoms with Gasteiger partial charge in [0.1, 0.15) is 28.4 Å². The summed E-state index contributed by atoms with van der Waals surface area (Å²) in [5, 5.41) is 5.27. The van der Waals surface area contributed by atoms with E-state index in [0.717, 1.165) is 29.5 Å². The van der Waals surface area contributed by atoms with Crippen LogP contribution in [-0.4, -0.2) is 65.0 Å². The van der Waals surface area contributed by atoms with Crippen LogP contribution < -0.4 is 0 Å². The van der Waals surface area contributed by atoms with Crippen molar-refractivity contribution >= 4 is 50.1 Å². The number of Topliss-reactive ketones (excluding diaryl/α,β-unsaturated/α-hetero) is 3. The second kappa shape index (κ2) is 15.1. The van der Waals surface area contributed by atoms with Crippen LogP contribution >= 0.6 is 15.9 Å². The van der Waals surface area contributed by atoms with E-state index in [4.69, 9.17) is 0 Å². The maximum atomic E-state index is 14.5. The first-order valence-electron chi connectivity index (χ1n) is 17.6. The molecule has 4 aromatic rings. The summed E-state index contributed by atoms with van der Waals surface area (Å²) in [6.07, 6.45) is 11.0. The van der Waals surface area contributed by atoms with Crippen molar-refractivity contribution in [2.24, 2.45) is 11.3 Å². The number of aryl methyl sites for hydroxylation is 1. The summed E-state index contributed by atoms with van der Waals surface area (Å²) in [4.78, 5) is 69.0. The number of fused-ring (bicyclic) bond motifs is 2. The van der Waals surface area contributed by atoms with Crippen LogP contribution in [0, 0.1) is 24.1 Å². The molecule has 270 valence electrons.